The van der Waals surface area contributed by atoms with Crippen LogP contribution in [0.4, 0.5) is 0 Å². The van der Waals surface area contributed by atoms with E-state index >= 15 is 0 Å². The highest BCUT2D eigenvalue weighted by atomic mass is 16.5. The van der Waals surface area contributed by atoms with E-state index in [0.717, 1.165) is 60.9 Å². The zero-order valence-corrected chi connectivity index (χ0v) is 22.7. The molecule has 0 heterocycles. The van der Waals surface area contributed by atoms with Crippen molar-refractivity contribution in [3.8, 4) is 0 Å². The van der Waals surface area contributed by atoms with Crippen LogP contribution in [0.5, 0.6) is 0 Å². The van der Waals surface area contributed by atoms with Crippen molar-refractivity contribution >= 4 is 5.97 Å². The third-order valence-electron chi connectivity index (χ3n) is 11.9. The molecule has 0 aromatic rings. The van der Waals surface area contributed by atoms with E-state index in [2.05, 4.69) is 41.5 Å². The summed E-state index contributed by atoms with van der Waals surface area (Å²) >= 11 is 0. The van der Waals surface area contributed by atoms with Crippen LogP contribution in [0.1, 0.15) is 106 Å². The van der Waals surface area contributed by atoms with E-state index in [1.807, 2.05) is 0 Å². The van der Waals surface area contributed by atoms with Gasteiger partial charge in [-0.15, -0.1) is 0 Å². The van der Waals surface area contributed by atoms with Gasteiger partial charge in [0.25, 0.3) is 0 Å². The summed E-state index contributed by atoms with van der Waals surface area (Å²) in [7, 11) is 1.52. The highest BCUT2D eigenvalue weighted by molar-refractivity contribution is 5.69. The van der Waals surface area contributed by atoms with Crippen LogP contribution < -0.4 is 0 Å². The first-order chi connectivity index (χ1) is 15.7. The average molecular weight is 461 g/mol. The van der Waals surface area contributed by atoms with Gasteiger partial charge in [-0.1, -0.05) is 41.5 Å². The molecule has 4 aliphatic rings. The van der Waals surface area contributed by atoms with Crippen molar-refractivity contribution in [2.45, 2.75) is 112 Å². The van der Waals surface area contributed by atoms with Crippen LogP contribution in [0.15, 0.2) is 0 Å². The number of fused-ring (bicyclic) bond motifs is 5. The maximum Gasteiger partial charge on any atom is 0.305 e. The normalized spacial score (nSPS) is 47.8. The number of methoxy groups -OCH3 is 1. The summed E-state index contributed by atoms with van der Waals surface area (Å²) in [5.41, 5.74) is 0.934. The van der Waals surface area contributed by atoms with Crippen molar-refractivity contribution in [3.63, 3.8) is 0 Å². The van der Waals surface area contributed by atoms with Gasteiger partial charge in [0.1, 0.15) is 0 Å². The van der Waals surface area contributed by atoms with Gasteiger partial charge in [0.05, 0.1) is 13.2 Å². The number of hydrogen-bond donors (Lipinski definition) is 0. The number of ether oxygens (including phenoxy) is 2. The minimum absolute atomic E-state index is 0.0447. The lowest BCUT2D eigenvalue weighted by molar-refractivity contribution is -0.172. The smallest absolute Gasteiger partial charge is 0.305 e. The van der Waals surface area contributed by atoms with Gasteiger partial charge in [-0.05, 0) is 116 Å². The van der Waals surface area contributed by atoms with Crippen molar-refractivity contribution < 1.29 is 14.3 Å². The molecule has 0 saturated heterocycles. The molecule has 0 N–H and O–H groups in total. The van der Waals surface area contributed by atoms with Crippen LogP contribution in [-0.2, 0) is 14.3 Å². The summed E-state index contributed by atoms with van der Waals surface area (Å²) in [6.45, 7) is 16.1. The Morgan fingerprint density at radius 2 is 1.82 bits per heavy atom. The predicted molar refractivity (Wildman–Crippen MR) is 135 cm³/mol. The van der Waals surface area contributed by atoms with Crippen LogP contribution in [0.2, 0.25) is 0 Å². The quantitative estimate of drug-likeness (QED) is 0.368. The Morgan fingerprint density at radius 3 is 2.52 bits per heavy atom. The topological polar surface area (TPSA) is 35.5 Å². The largest absolute Gasteiger partial charge is 0.469 e. The van der Waals surface area contributed by atoms with Gasteiger partial charge >= 0.3 is 5.97 Å². The molecule has 0 bridgehead atoms. The lowest BCUT2D eigenvalue weighted by Gasteiger charge is -2.65. The molecule has 3 heteroatoms. The Kier molecular flexibility index (Phi) is 7.60. The first kappa shape index (κ1) is 25.5. The Morgan fingerprint density at radius 1 is 1.06 bits per heavy atom. The number of carbonyl (C=O) groups excluding carboxylic acids is 1. The molecule has 0 aromatic carbocycles. The number of carbonyl (C=O) groups is 1. The summed E-state index contributed by atoms with van der Waals surface area (Å²) < 4.78 is 11.2. The second-order valence-corrected chi connectivity index (χ2v) is 13.3. The highest BCUT2D eigenvalue weighted by Crippen LogP contribution is 2.71. The van der Waals surface area contributed by atoms with E-state index < -0.39 is 0 Å². The van der Waals surface area contributed by atoms with E-state index in [9.17, 15) is 4.79 Å². The van der Waals surface area contributed by atoms with Crippen LogP contribution in [0.25, 0.3) is 0 Å². The minimum atomic E-state index is -0.0447. The lowest BCUT2D eigenvalue weighted by Crippen LogP contribution is -2.59. The average Bonchev–Trinajstić information content (AvgIpc) is 3.15. The number of rotatable bonds is 7. The third kappa shape index (κ3) is 4.31. The molecule has 3 nitrogen and oxygen atoms in total. The Hall–Kier alpha value is -0.570. The lowest BCUT2D eigenvalue weighted by atomic mass is 9.40. The molecule has 190 valence electrons. The second kappa shape index (κ2) is 9.82. The summed E-state index contributed by atoms with van der Waals surface area (Å²) in [4.78, 5) is 11.8. The maximum atomic E-state index is 11.8. The van der Waals surface area contributed by atoms with Crippen molar-refractivity contribution in [1.29, 1.82) is 0 Å². The molecular formula is C30H52O3. The van der Waals surface area contributed by atoms with Crippen molar-refractivity contribution in [1.82, 2.24) is 0 Å². The molecule has 33 heavy (non-hydrogen) atoms. The molecule has 0 radical (unpaired) electrons. The van der Waals surface area contributed by atoms with Gasteiger partial charge in [0.2, 0.25) is 0 Å². The fourth-order valence-corrected chi connectivity index (χ4v) is 9.99. The first-order valence-corrected chi connectivity index (χ1v) is 14.3. The van der Waals surface area contributed by atoms with E-state index in [4.69, 9.17) is 9.47 Å². The highest BCUT2D eigenvalue weighted by Gasteiger charge is 2.64. The molecule has 8 unspecified atom stereocenters. The molecule has 4 fully saturated rings. The van der Waals surface area contributed by atoms with Crippen molar-refractivity contribution in [2.24, 2.45) is 58.2 Å². The van der Waals surface area contributed by atoms with E-state index in [-0.39, 0.29) is 5.97 Å². The molecule has 0 aliphatic heterocycles. The molecule has 4 saturated carbocycles. The molecular weight excluding hydrogens is 408 g/mol. The summed E-state index contributed by atoms with van der Waals surface area (Å²) in [6, 6.07) is 0. The SMILES string of the molecule is CCCOC1CC[C@@]2(C)C(C1)CC(C)C1C2C[C@H](C)[C@]2(C)C(C(C)CCC(=O)OC)CCC12. The number of esters is 1. The van der Waals surface area contributed by atoms with E-state index in [1.54, 1.807) is 0 Å². The summed E-state index contributed by atoms with van der Waals surface area (Å²) in [5.74, 6) is 6.39. The molecule has 0 aromatic heterocycles. The fourth-order valence-electron chi connectivity index (χ4n) is 9.99. The van der Waals surface area contributed by atoms with Gasteiger partial charge in [-0.25, -0.2) is 0 Å². The molecule has 0 spiro atoms. The fraction of sp³-hybridized carbons (Fsp3) is 0.967. The van der Waals surface area contributed by atoms with Crippen LogP contribution in [0, 0.1) is 58.2 Å². The van der Waals surface area contributed by atoms with E-state index in [1.165, 1.54) is 52.1 Å². The van der Waals surface area contributed by atoms with E-state index in [0.29, 0.717) is 29.3 Å². The standard InChI is InChI=1S/C30H52O3/c1-8-15-33-23-13-14-29(5)22(18-23)16-20(3)28-25-11-10-24(19(2)9-12-27(31)32-7)30(25,6)21(4)17-26(28)29/h19-26,28H,8-18H2,1-7H3/t19?,20?,21-,22?,23?,24?,25?,26?,28?,29-,30+/m0/s1. The monoisotopic (exact) mass is 460 g/mol. The zero-order chi connectivity index (χ0) is 24.0. The predicted octanol–water partition coefficient (Wildman–Crippen LogP) is 7.52. The van der Waals surface area contributed by atoms with Crippen LogP contribution in [-0.4, -0.2) is 25.8 Å². The van der Waals surface area contributed by atoms with Gasteiger partial charge in [0, 0.05) is 13.0 Å². The van der Waals surface area contributed by atoms with Crippen LogP contribution in [0.3, 0.4) is 0 Å². The summed E-state index contributed by atoms with van der Waals surface area (Å²) in [5, 5.41) is 0. The van der Waals surface area contributed by atoms with Gasteiger partial charge in [0.15, 0.2) is 0 Å². The second-order valence-electron chi connectivity index (χ2n) is 13.3. The van der Waals surface area contributed by atoms with Crippen molar-refractivity contribution in [3.05, 3.63) is 0 Å². The molecule has 4 rings (SSSR count). The number of hydrogen-bond acceptors (Lipinski definition) is 3. The zero-order valence-electron chi connectivity index (χ0n) is 22.7. The first-order valence-electron chi connectivity index (χ1n) is 14.3. The Balaban J connectivity index is 1.52. The molecule has 4 aliphatic carbocycles. The Labute approximate surface area is 204 Å². The molecule has 11 atom stereocenters. The van der Waals surface area contributed by atoms with Crippen molar-refractivity contribution in [2.75, 3.05) is 13.7 Å². The van der Waals surface area contributed by atoms with Crippen LogP contribution >= 0.6 is 0 Å². The third-order valence-corrected chi connectivity index (χ3v) is 11.9. The van der Waals surface area contributed by atoms with Gasteiger partial charge in [-0.3, -0.25) is 4.79 Å². The molecule has 0 amide bonds. The van der Waals surface area contributed by atoms with Gasteiger partial charge < -0.3 is 9.47 Å². The Bertz CT molecular complexity index is 690. The minimum Gasteiger partial charge on any atom is -0.469 e. The summed E-state index contributed by atoms with van der Waals surface area (Å²) in [6.07, 6.45) is 12.7. The maximum absolute atomic E-state index is 11.8. The van der Waals surface area contributed by atoms with Gasteiger partial charge in [-0.2, -0.15) is 0 Å².